The molecule has 0 atom stereocenters. The molecular weight excluding hydrogens is 220 g/mol. The summed E-state index contributed by atoms with van der Waals surface area (Å²) in [5.41, 5.74) is 0. The Morgan fingerprint density at radius 3 is 1.11 bits per heavy atom. The third-order valence-electron chi connectivity index (χ3n) is 3.66. The van der Waals surface area contributed by atoms with Gasteiger partial charge < -0.3 is 9.80 Å². The maximum atomic E-state index is 3.32. The van der Waals surface area contributed by atoms with Gasteiger partial charge in [-0.3, -0.25) is 0 Å². The predicted octanol–water partition coefficient (Wildman–Crippen LogP) is 1.97. The first-order chi connectivity index (χ1) is 8.95. The lowest BCUT2D eigenvalue weighted by Gasteiger charge is -2.24. The van der Waals surface area contributed by atoms with Crippen molar-refractivity contribution in [3.8, 4) is 23.7 Å². The van der Waals surface area contributed by atoms with Crippen LogP contribution in [-0.2, 0) is 0 Å². The Morgan fingerprint density at radius 2 is 0.778 bits per heavy atom. The molecule has 2 aliphatic heterocycles. The van der Waals surface area contributed by atoms with Gasteiger partial charge >= 0.3 is 0 Å². The number of fused-ring (bicyclic) bond motifs is 5. The number of hydrogen-bond acceptors (Lipinski definition) is 2. The summed E-state index contributed by atoms with van der Waals surface area (Å²) >= 11 is 0. The van der Waals surface area contributed by atoms with E-state index in [1.807, 2.05) is 0 Å². The van der Waals surface area contributed by atoms with Gasteiger partial charge in [0.25, 0.3) is 0 Å². The van der Waals surface area contributed by atoms with E-state index in [-0.39, 0.29) is 0 Å². The molecule has 0 amide bonds. The molecule has 2 rings (SSSR count). The van der Waals surface area contributed by atoms with Crippen LogP contribution in [0, 0.1) is 23.7 Å². The summed E-state index contributed by atoms with van der Waals surface area (Å²) in [4.78, 5) is 5.08. The highest BCUT2D eigenvalue weighted by Crippen LogP contribution is 2.04. The smallest absolute Gasteiger partial charge is 0.0217 e. The Morgan fingerprint density at radius 1 is 0.444 bits per heavy atom. The number of nitrogens with zero attached hydrogens (tertiary/aromatic N) is 2. The van der Waals surface area contributed by atoms with Gasteiger partial charge in [-0.15, -0.1) is 23.7 Å². The Kier molecular flexibility index (Phi) is 6.13. The first-order valence-corrected chi connectivity index (χ1v) is 7.31. The second kappa shape index (κ2) is 8.20. The van der Waals surface area contributed by atoms with Crippen LogP contribution in [0.5, 0.6) is 0 Å². The van der Waals surface area contributed by atoms with Crippen LogP contribution in [-0.4, -0.2) is 49.1 Å². The highest BCUT2D eigenvalue weighted by molar-refractivity contribution is 5.02. The number of hydrogen-bond donors (Lipinski definition) is 0. The Hall–Kier alpha value is -0.960. The van der Waals surface area contributed by atoms with Gasteiger partial charge in [-0.25, -0.2) is 0 Å². The van der Waals surface area contributed by atoms with Gasteiger partial charge in [0, 0.05) is 51.9 Å². The zero-order chi connectivity index (χ0) is 12.5. The maximum absolute atomic E-state index is 3.32. The van der Waals surface area contributed by atoms with E-state index in [0.29, 0.717) is 0 Å². The van der Waals surface area contributed by atoms with Crippen LogP contribution in [0.3, 0.4) is 0 Å². The molecule has 2 bridgehead atoms. The van der Waals surface area contributed by atoms with Crippen molar-refractivity contribution < 1.29 is 0 Å². The maximum Gasteiger partial charge on any atom is 0.0217 e. The SMILES string of the molecule is C1#CCCN2CCC#CCCN(CC1)CCCC2. The fraction of sp³-hybridized carbons (Fsp3) is 0.750. The van der Waals surface area contributed by atoms with Crippen molar-refractivity contribution in [1.29, 1.82) is 0 Å². The van der Waals surface area contributed by atoms with Gasteiger partial charge in [0.1, 0.15) is 0 Å². The Bertz CT molecular complexity index is 293. The van der Waals surface area contributed by atoms with Crippen LogP contribution >= 0.6 is 0 Å². The first-order valence-electron chi connectivity index (χ1n) is 7.31. The van der Waals surface area contributed by atoms with Gasteiger partial charge in [0.15, 0.2) is 0 Å². The molecule has 0 saturated carbocycles. The van der Waals surface area contributed by atoms with E-state index in [2.05, 4.69) is 33.5 Å². The molecule has 0 aromatic heterocycles. The van der Waals surface area contributed by atoms with E-state index in [0.717, 1.165) is 51.9 Å². The molecule has 0 aliphatic carbocycles. The van der Waals surface area contributed by atoms with Crippen molar-refractivity contribution in [1.82, 2.24) is 9.80 Å². The summed E-state index contributed by atoms with van der Waals surface area (Å²) in [6.07, 6.45) is 6.72. The largest absolute Gasteiger partial charge is 0.301 e. The van der Waals surface area contributed by atoms with E-state index < -0.39 is 0 Å². The van der Waals surface area contributed by atoms with Crippen molar-refractivity contribution in [3.05, 3.63) is 0 Å². The zero-order valence-corrected chi connectivity index (χ0v) is 11.4. The van der Waals surface area contributed by atoms with E-state index >= 15 is 0 Å². The molecule has 0 N–H and O–H groups in total. The predicted molar refractivity (Wildman–Crippen MR) is 76.1 cm³/mol. The highest BCUT2D eigenvalue weighted by Gasteiger charge is 2.07. The lowest BCUT2D eigenvalue weighted by molar-refractivity contribution is 0.249. The molecule has 0 unspecified atom stereocenters. The lowest BCUT2D eigenvalue weighted by atomic mass is 10.2. The molecule has 0 aromatic carbocycles. The summed E-state index contributed by atoms with van der Waals surface area (Å²) in [6.45, 7) is 6.93. The van der Waals surface area contributed by atoms with Crippen LogP contribution in [0.1, 0.15) is 38.5 Å². The molecular formula is C16H24N2. The van der Waals surface area contributed by atoms with Crippen LogP contribution in [0.25, 0.3) is 0 Å². The standard InChI is InChI=1S/C16H24N2/c1-2-6-12-18-14-8-4-3-7-13-17(11-5-1)15-9-10-16-18/h5-16H2. The summed E-state index contributed by atoms with van der Waals surface area (Å²) in [5, 5.41) is 0. The third kappa shape index (κ3) is 5.13. The van der Waals surface area contributed by atoms with Crippen molar-refractivity contribution >= 4 is 0 Å². The third-order valence-corrected chi connectivity index (χ3v) is 3.66. The molecule has 2 aliphatic rings. The first kappa shape index (κ1) is 13.5. The van der Waals surface area contributed by atoms with Crippen LogP contribution in [0.4, 0.5) is 0 Å². The van der Waals surface area contributed by atoms with E-state index in [9.17, 15) is 0 Å². The normalized spacial score (nSPS) is 29.8. The van der Waals surface area contributed by atoms with Crippen molar-refractivity contribution in [2.75, 3.05) is 39.3 Å². The topological polar surface area (TPSA) is 6.48 Å². The minimum absolute atomic E-state index is 1.02. The minimum Gasteiger partial charge on any atom is -0.301 e. The highest BCUT2D eigenvalue weighted by atomic mass is 15.1. The molecule has 2 heteroatoms. The van der Waals surface area contributed by atoms with Gasteiger partial charge in [0.05, 0.1) is 0 Å². The molecule has 0 fully saturated rings. The molecule has 2 heterocycles. The molecule has 2 nitrogen and oxygen atoms in total. The fourth-order valence-electron chi connectivity index (χ4n) is 2.55. The van der Waals surface area contributed by atoms with Gasteiger partial charge in [0.2, 0.25) is 0 Å². The van der Waals surface area contributed by atoms with Crippen LogP contribution < -0.4 is 0 Å². The van der Waals surface area contributed by atoms with Crippen molar-refractivity contribution in [3.63, 3.8) is 0 Å². The van der Waals surface area contributed by atoms with E-state index in [1.165, 1.54) is 25.9 Å². The quantitative estimate of drug-likeness (QED) is 0.601. The summed E-state index contributed by atoms with van der Waals surface area (Å²) in [7, 11) is 0. The summed E-state index contributed by atoms with van der Waals surface area (Å²) in [6, 6.07) is 0. The van der Waals surface area contributed by atoms with E-state index in [4.69, 9.17) is 0 Å². The molecule has 98 valence electrons. The average molecular weight is 244 g/mol. The zero-order valence-electron chi connectivity index (χ0n) is 11.4. The molecule has 0 saturated heterocycles. The van der Waals surface area contributed by atoms with Crippen LogP contribution in [0.15, 0.2) is 0 Å². The molecule has 0 aromatic rings. The van der Waals surface area contributed by atoms with Gasteiger partial charge in [-0.2, -0.15) is 0 Å². The lowest BCUT2D eigenvalue weighted by Crippen LogP contribution is -2.30. The second-order valence-corrected chi connectivity index (χ2v) is 5.10. The summed E-state index contributed by atoms with van der Waals surface area (Å²) in [5.74, 6) is 13.3. The average Bonchev–Trinajstić information content (AvgIpc) is 2.36. The van der Waals surface area contributed by atoms with E-state index in [1.54, 1.807) is 0 Å². The molecule has 18 heavy (non-hydrogen) atoms. The second-order valence-electron chi connectivity index (χ2n) is 5.10. The minimum atomic E-state index is 1.02. The number of rotatable bonds is 0. The fourth-order valence-corrected chi connectivity index (χ4v) is 2.55. The van der Waals surface area contributed by atoms with Crippen molar-refractivity contribution in [2.45, 2.75) is 38.5 Å². The Labute approximate surface area is 112 Å². The molecule has 0 spiro atoms. The van der Waals surface area contributed by atoms with Crippen molar-refractivity contribution in [2.24, 2.45) is 0 Å². The van der Waals surface area contributed by atoms with Crippen LogP contribution in [0.2, 0.25) is 0 Å². The van der Waals surface area contributed by atoms with Gasteiger partial charge in [-0.1, -0.05) is 0 Å². The molecule has 0 radical (unpaired) electrons. The summed E-state index contributed by atoms with van der Waals surface area (Å²) < 4.78 is 0. The monoisotopic (exact) mass is 244 g/mol. The van der Waals surface area contributed by atoms with Gasteiger partial charge in [-0.05, 0) is 25.9 Å². The Balaban J connectivity index is 2.03.